The maximum absolute atomic E-state index is 13.0. The van der Waals surface area contributed by atoms with Crippen molar-refractivity contribution in [1.29, 1.82) is 0 Å². The number of nitrogens with zero attached hydrogens (tertiary/aromatic N) is 2. The number of fused-ring (bicyclic) bond motifs is 1. The predicted molar refractivity (Wildman–Crippen MR) is 141 cm³/mol. The van der Waals surface area contributed by atoms with Gasteiger partial charge in [0.2, 0.25) is 17.7 Å². The van der Waals surface area contributed by atoms with Gasteiger partial charge in [-0.3, -0.25) is 29.3 Å². The summed E-state index contributed by atoms with van der Waals surface area (Å²) in [6, 6.07) is 11.5. The number of piperidine rings is 2. The molecule has 5 amide bonds. The molecular weight excluding hydrogens is 502 g/mol. The van der Waals surface area contributed by atoms with Crippen LogP contribution in [-0.4, -0.2) is 78.2 Å². The molecule has 2 fully saturated rings. The number of methoxy groups -OCH3 is 1. The van der Waals surface area contributed by atoms with E-state index in [-0.39, 0.29) is 49.2 Å². The molecule has 11 nitrogen and oxygen atoms in total. The van der Waals surface area contributed by atoms with Gasteiger partial charge >= 0.3 is 0 Å². The van der Waals surface area contributed by atoms with Crippen molar-refractivity contribution in [3.63, 3.8) is 0 Å². The van der Waals surface area contributed by atoms with Gasteiger partial charge in [-0.2, -0.15) is 0 Å². The molecule has 2 saturated heterocycles. The minimum absolute atomic E-state index is 0.0256. The monoisotopic (exact) mass is 533 g/mol. The van der Waals surface area contributed by atoms with Crippen LogP contribution in [0, 0.1) is 0 Å². The number of likely N-dealkylation sites (tertiary alicyclic amines) is 1. The second-order valence-corrected chi connectivity index (χ2v) is 9.95. The quantitative estimate of drug-likeness (QED) is 0.456. The molecule has 2 aromatic rings. The number of hydrogen-bond donors (Lipinski definition) is 3. The van der Waals surface area contributed by atoms with Crippen LogP contribution >= 0.6 is 0 Å². The van der Waals surface area contributed by atoms with Crippen LogP contribution in [0.4, 0.5) is 5.69 Å². The maximum atomic E-state index is 13.0. The summed E-state index contributed by atoms with van der Waals surface area (Å²) in [5.74, 6) is -0.666. The molecule has 3 N–H and O–H groups in total. The summed E-state index contributed by atoms with van der Waals surface area (Å²) in [4.78, 5) is 65.7. The van der Waals surface area contributed by atoms with Crippen molar-refractivity contribution in [3.05, 3.63) is 59.2 Å². The van der Waals surface area contributed by atoms with Gasteiger partial charge in [-0.05, 0) is 49.6 Å². The van der Waals surface area contributed by atoms with E-state index in [0.717, 1.165) is 5.56 Å². The summed E-state index contributed by atoms with van der Waals surface area (Å²) in [5.41, 5.74) is 2.43. The van der Waals surface area contributed by atoms with Gasteiger partial charge in [-0.25, -0.2) is 0 Å². The van der Waals surface area contributed by atoms with E-state index in [0.29, 0.717) is 54.9 Å². The molecule has 1 unspecified atom stereocenters. The Morgan fingerprint density at radius 2 is 1.82 bits per heavy atom. The SMILES string of the molecule is COc1cccc(C(=O)NC2CCN(C(=O)CNc3cccc4c3CN(C3CCC(=O)NC3=O)C4=O)CC2)c1. The lowest BCUT2D eigenvalue weighted by Gasteiger charge is -2.32. The first kappa shape index (κ1) is 26.2. The van der Waals surface area contributed by atoms with Crippen LogP contribution in [0.1, 0.15) is 52.0 Å². The van der Waals surface area contributed by atoms with Crippen LogP contribution in [0.3, 0.4) is 0 Å². The van der Waals surface area contributed by atoms with Crippen molar-refractivity contribution in [2.24, 2.45) is 0 Å². The van der Waals surface area contributed by atoms with Crippen molar-refractivity contribution < 1.29 is 28.7 Å². The maximum Gasteiger partial charge on any atom is 0.255 e. The molecule has 0 aliphatic carbocycles. The highest BCUT2D eigenvalue weighted by Gasteiger charge is 2.40. The molecule has 2 aromatic carbocycles. The lowest BCUT2D eigenvalue weighted by Crippen LogP contribution is -2.52. The number of hydrogen-bond acceptors (Lipinski definition) is 7. The molecule has 3 aliphatic rings. The van der Waals surface area contributed by atoms with Crippen LogP contribution in [-0.2, 0) is 20.9 Å². The van der Waals surface area contributed by atoms with Gasteiger partial charge in [0, 0.05) is 54.5 Å². The standard InChI is InChI=1S/C28H31N5O6/c1-39-19-5-2-4-17(14-19)26(36)30-18-10-12-32(13-11-18)25(35)15-29-22-7-3-6-20-21(22)16-33(28(20)38)23-8-9-24(34)31-27(23)37/h2-7,14,18,23,29H,8-13,15-16H2,1H3,(H,30,36)(H,31,34,37). The molecule has 204 valence electrons. The number of ether oxygens (including phenoxy) is 1. The number of anilines is 1. The first-order chi connectivity index (χ1) is 18.8. The Balaban J connectivity index is 1.13. The fourth-order valence-corrected chi connectivity index (χ4v) is 5.34. The first-order valence-corrected chi connectivity index (χ1v) is 13.1. The van der Waals surface area contributed by atoms with Gasteiger partial charge in [0.25, 0.3) is 11.8 Å². The number of nitrogens with one attached hydrogen (secondary N) is 3. The molecule has 0 radical (unpaired) electrons. The molecule has 11 heteroatoms. The summed E-state index contributed by atoms with van der Waals surface area (Å²) in [7, 11) is 1.55. The Morgan fingerprint density at radius 3 is 2.56 bits per heavy atom. The van der Waals surface area contributed by atoms with Crippen molar-refractivity contribution in [3.8, 4) is 5.75 Å². The molecule has 1 atom stereocenters. The summed E-state index contributed by atoms with van der Waals surface area (Å²) in [6.45, 7) is 1.34. The number of carbonyl (C=O) groups excluding carboxylic acids is 5. The zero-order valence-corrected chi connectivity index (χ0v) is 21.7. The van der Waals surface area contributed by atoms with Gasteiger partial charge in [-0.15, -0.1) is 0 Å². The van der Waals surface area contributed by atoms with Crippen molar-refractivity contribution in [2.45, 2.75) is 44.3 Å². The second kappa shape index (κ2) is 11.1. The van der Waals surface area contributed by atoms with E-state index in [9.17, 15) is 24.0 Å². The molecule has 3 heterocycles. The third-order valence-electron chi connectivity index (χ3n) is 7.53. The molecule has 0 saturated carbocycles. The van der Waals surface area contributed by atoms with Crippen molar-refractivity contribution >= 4 is 35.2 Å². The third-order valence-corrected chi connectivity index (χ3v) is 7.53. The largest absolute Gasteiger partial charge is 0.497 e. The average molecular weight is 534 g/mol. The third kappa shape index (κ3) is 5.57. The fraction of sp³-hybridized carbons (Fsp3) is 0.393. The smallest absolute Gasteiger partial charge is 0.255 e. The molecule has 0 spiro atoms. The van der Waals surface area contributed by atoms with Crippen LogP contribution in [0.15, 0.2) is 42.5 Å². The van der Waals surface area contributed by atoms with Gasteiger partial charge in [0.1, 0.15) is 11.8 Å². The second-order valence-electron chi connectivity index (χ2n) is 9.95. The minimum atomic E-state index is -0.692. The minimum Gasteiger partial charge on any atom is -0.497 e. The van der Waals surface area contributed by atoms with Gasteiger partial charge in [0.15, 0.2) is 0 Å². The Bertz CT molecular complexity index is 1320. The Kier molecular flexibility index (Phi) is 7.49. The van der Waals surface area contributed by atoms with E-state index in [1.807, 2.05) is 6.07 Å². The van der Waals surface area contributed by atoms with E-state index in [1.165, 1.54) is 4.90 Å². The van der Waals surface area contributed by atoms with E-state index < -0.39 is 11.9 Å². The average Bonchev–Trinajstić information content (AvgIpc) is 3.28. The summed E-state index contributed by atoms with van der Waals surface area (Å²) in [6.07, 6.45) is 1.79. The Labute approximate surface area is 225 Å². The number of carbonyl (C=O) groups is 5. The molecule has 5 rings (SSSR count). The number of rotatable bonds is 7. The zero-order chi connectivity index (χ0) is 27.5. The number of benzene rings is 2. The van der Waals surface area contributed by atoms with Crippen molar-refractivity contribution in [2.75, 3.05) is 32.1 Å². The van der Waals surface area contributed by atoms with Crippen molar-refractivity contribution in [1.82, 2.24) is 20.4 Å². The number of amides is 5. The molecule has 0 aromatic heterocycles. The lowest BCUT2D eigenvalue weighted by atomic mass is 10.0. The van der Waals surface area contributed by atoms with Crippen LogP contribution in [0.5, 0.6) is 5.75 Å². The number of imide groups is 1. The molecule has 39 heavy (non-hydrogen) atoms. The molecule has 0 bridgehead atoms. The topological polar surface area (TPSA) is 137 Å². The highest BCUT2D eigenvalue weighted by molar-refractivity contribution is 6.06. The predicted octanol–water partition coefficient (Wildman–Crippen LogP) is 1.29. The fourth-order valence-electron chi connectivity index (χ4n) is 5.34. The van der Waals surface area contributed by atoms with E-state index in [1.54, 1.807) is 48.4 Å². The molecular formula is C28H31N5O6. The van der Waals surface area contributed by atoms with Crippen LogP contribution in [0.2, 0.25) is 0 Å². The highest BCUT2D eigenvalue weighted by atomic mass is 16.5. The van der Waals surface area contributed by atoms with Gasteiger partial charge in [0.05, 0.1) is 13.7 Å². The van der Waals surface area contributed by atoms with E-state index in [2.05, 4.69) is 16.0 Å². The molecule has 3 aliphatic heterocycles. The summed E-state index contributed by atoms with van der Waals surface area (Å²) in [5, 5.41) is 8.52. The van der Waals surface area contributed by atoms with E-state index >= 15 is 0 Å². The van der Waals surface area contributed by atoms with Crippen LogP contribution in [0.25, 0.3) is 0 Å². The zero-order valence-electron chi connectivity index (χ0n) is 21.7. The van der Waals surface area contributed by atoms with Gasteiger partial charge in [-0.1, -0.05) is 12.1 Å². The summed E-state index contributed by atoms with van der Waals surface area (Å²) < 4.78 is 5.18. The first-order valence-electron chi connectivity index (χ1n) is 13.1. The van der Waals surface area contributed by atoms with E-state index in [4.69, 9.17) is 4.74 Å². The Hall–Kier alpha value is -4.41. The normalized spacial score (nSPS) is 19.4. The van der Waals surface area contributed by atoms with Gasteiger partial charge < -0.3 is 25.2 Å². The summed E-state index contributed by atoms with van der Waals surface area (Å²) >= 11 is 0. The highest BCUT2D eigenvalue weighted by Crippen LogP contribution is 2.32. The lowest BCUT2D eigenvalue weighted by molar-refractivity contribution is -0.137. The van der Waals surface area contributed by atoms with Crippen LogP contribution < -0.4 is 20.7 Å². The Morgan fingerprint density at radius 1 is 1.05 bits per heavy atom.